The van der Waals surface area contributed by atoms with E-state index in [-0.39, 0.29) is 17.2 Å². The van der Waals surface area contributed by atoms with E-state index in [0.717, 1.165) is 0 Å². The van der Waals surface area contributed by atoms with Crippen molar-refractivity contribution in [3.05, 3.63) is 47.7 Å². The Kier molecular flexibility index (Phi) is 3.96. The number of amides is 1. The number of carbonyl (C=O) groups is 1. The molecule has 0 fully saturated rings. The molecule has 5 nitrogen and oxygen atoms in total. The molecule has 0 bridgehead atoms. The average molecular weight is 278 g/mol. The monoisotopic (exact) mass is 278 g/mol. The zero-order valence-electron chi connectivity index (χ0n) is 9.84. The number of hydrogen-bond acceptors (Lipinski definition) is 5. The van der Waals surface area contributed by atoms with Crippen molar-refractivity contribution >= 4 is 23.5 Å². The summed E-state index contributed by atoms with van der Waals surface area (Å²) in [6, 6.07) is 6.42. The number of carbonyl (C=O) groups excluding carboxylic acids is 1. The van der Waals surface area contributed by atoms with Crippen molar-refractivity contribution < 1.29 is 9.18 Å². The summed E-state index contributed by atoms with van der Waals surface area (Å²) >= 11 is 1.25. The summed E-state index contributed by atoms with van der Waals surface area (Å²) in [4.78, 5) is 19.4. The Balaban J connectivity index is 2.11. The summed E-state index contributed by atoms with van der Waals surface area (Å²) in [5.74, 6) is -0.174. The third-order valence-electron chi connectivity index (χ3n) is 2.33. The van der Waals surface area contributed by atoms with E-state index >= 15 is 0 Å². The first kappa shape index (κ1) is 13.3. The lowest BCUT2D eigenvalue weighted by molar-refractivity contribution is 0.100. The molecule has 0 saturated carbocycles. The molecule has 0 aliphatic heterocycles. The standard InChI is InChI=1S/C12H11FN4OS/c13-8-3-1-2-4-9(8)19-6-10-16-5-7(12(15)18)11(14)17-10/h1-5H,6H2,(H2,15,18)(H2,14,16,17). The molecule has 1 aromatic heterocycles. The molecule has 0 atom stereocenters. The van der Waals surface area contributed by atoms with Crippen molar-refractivity contribution in [1.29, 1.82) is 0 Å². The van der Waals surface area contributed by atoms with Gasteiger partial charge >= 0.3 is 0 Å². The molecule has 2 aromatic rings. The van der Waals surface area contributed by atoms with Gasteiger partial charge in [-0.1, -0.05) is 12.1 Å². The zero-order valence-corrected chi connectivity index (χ0v) is 10.7. The first-order valence-corrected chi connectivity index (χ1v) is 6.35. The predicted octanol–water partition coefficient (Wildman–Crippen LogP) is 1.59. The van der Waals surface area contributed by atoms with Crippen LogP contribution in [0.3, 0.4) is 0 Å². The van der Waals surface area contributed by atoms with E-state index in [1.165, 1.54) is 24.0 Å². The fraction of sp³-hybridized carbons (Fsp3) is 0.0833. The summed E-state index contributed by atoms with van der Waals surface area (Å²) in [5, 5.41) is 0. The summed E-state index contributed by atoms with van der Waals surface area (Å²) in [6.07, 6.45) is 1.28. The van der Waals surface area contributed by atoms with Crippen LogP contribution in [0.1, 0.15) is 16.2 Å². The Labute approximate surface area is 113 Å². The third kappa shape index (κ3) is 3.19. The van der Waals surface area contributed by atoms with Crippen LogP contribution in [0.4, 0.5) is 10.2 Å². The molecule has 1 amide bonds. The van der Waals surface area contributed by atoms with Crippen LogP contribution in [0.25, 0.3) is 0 Å². The van der Waals surface area contributed by atoms with Gasteiger partial charge in [0.25, 0.3) is 5.91 Å². The first-order valence-electron chi connectivity index (χ1n) is 5.36. The normalized spacial score (nSPS) is 10.4. The quantitative estimate of drug-likeness (QED) is 0.828. The topological polar surface area (TPSA) is 94.9 Å². The Hall–Kier alpha value is -2.15. The zero-order chi connectivity index (χ0) is 13.8. The highest BCUT2D eigenvalue weighted by Gasteiger charge is 2.10. The summed E-state index contributed by atoms with van der Waals surface area (Å²) in [5.41, 5.74) is 10.8. The van der Waals surface area contributed by atoms with Crippen molar-refractivity contribution in [2.75, 3.05) is 5.73 Å². The molecule has 0 saturated heterocycles. The van der Waals surface area contributed by atoms with Crippen molar-refractivity contribution in [1.82, 2.24) is 9.97 Å². The minimum absolute atomic E-state index is 0.0339. The van der Waals surface area contributed by atoms with E-state index in [0.29, 0.717) is 16.5 Å². The van der Waals surface area contributed by atoms with Crippen molar-refractivity contribution in [3.63, 3.8) is 0 Å². The molecule has 7 heteroatoms. The highest BCUT2D eigenvalue weighted by molar-refractivity contribution is 7.98. The van der Waals surface area contributed by atoms with Crippen molar-refractivity contribution in [2.45, 2.75) is 10.6 Å². The summed E-state index contributed by atoms with van der Waals surface area (Å²) in [6.45, 7) is 0. The SMILES string of the molecule is NC(=O)c1cnc(CSc2ccccc2F)nc1N. The molecule has 19 heavy (non-hydrogen) atoms. The molecular formula is C12H11FN4OS. The molecular weight excluding hydrogens is 267 g/mol. The third-order valence-corrected chi connectivity index (χ3v) is 3.37. The highest BCUT2D eigenvalue weighted by atomic mass is 32.2. The Morgan fingerprint density at radius 3 is 2.74 bits per heavy atom. The van der Waals surface area contributed by atoms with Crippen LogP contribution >= 0.6 is 11.8 Å². The second-order valence-corrected chi connectivity index (χ2v) is 4.69. The number of aromatic nitrogens is 2. The number of hydrogen-bond donors (Lipinski definition) is 2. The second kappa shape index (κ2) is 5.66. The van der Waals surface area contributed by atoms with Crippen LogP contribution in [0.15, 0.2) is 35.4 Å². The number of nitrogens with zero attached hydrogens (tertiary/aromatic N) is 2. The Morgan fingerprint density at radius 2 is 2.11 bits per heavy atom. The molecule has 0 unspecified atom stereocenters. The van der Waals surface area contributed by atoms with Gasteiger partial charge in [-0.05, 0) is 12.1 Å². The summed E-state index contributed by atoms with van der Waals surface area (Å²) < 4.78 is 13.4. The number of thioether (sulfide) groups is 1. The fourth-order valence-corrected chi connectivity index (χ4v) is 2.20. The van der Waals surface area contributed by atoms with Gasteiger partial charge in [0.1, 0.15) is 17.5 Å². The fourth-order valence-electron chi connectivity index (χ4n) is 1.40. The maximum absolute atomic E-state index is 13.4. The molecule has 1 heterocycles. The van der Waals surface area contributed by atoms with Gasteiger partial charge in [-0.25, -0.2) is 14.4 Å². The second-order valence-electron chi connectivity index (χ2n) is 3.67. The van der Waals surface area contributed by atoms with Gasteiger partial charge in [0.15, 0.2) is 0 Å². The Bertz CT molecular complexity index is 620. The van der Waals surface area contributed by atoms with Crippen LogP contribution in [0.2, 0.25) is 0 Å². The van der Waals surface area contributed by atoms with Crippen LogP contribution in [0.5, 0.6) is 0 Å². The van der Waals surface area contributed by atoms with E-state index in [1.54, 1.807) is 18.2 Å². The maximum Gasteiger partial charge on any atom is 0.254 e. The molecule has 0 aliphatic rings. The lowest BCUT2D eigenvalue weighted by Crippen LogP contribution is -2.15. The smallest absolute Gasteiger partial charge is 0.254 e. The van der Waals surface area contributed by atoms with Gasteiger partial charge in [-0.15, -0.1) is 11.8 Å². The van der Waals surface area contributed by atoms with Gasteiger partial charge in [-0.3, -0.25) is 4.79 Å². The molecule has 0 spiro atoms. The van der Waals surface area contributed by atoms with Gasteiger partial charge in [0.2, 0.25) is 0 Å². The van der Waals surface area contributed by atoms with Crippen LogP contribution in [0, 0.1) is 5.82 Å². The lowest BCUT2D eigenvalue weighted by Gasteiger charge is -2.04. The average Bonchev–Trinajstić information content (AvgIpc) is 2.37. The van der Waals surface area contributed by atoms with Gasteiger partial charge in [-0.2, -0.15) is 0 Å². The lowest BCUT2D eigenvalue weighted by atomic mass is 10.3. The van der Waals surface area contributed by atoms with E-state index in [1.807, 2.05) is 0 Å². The van der Waals surface area contributed by atoms with Gasteiger partial charge in [0.05, 0.1) is 11.3 Å². The minimum Gasteiger partial charge on any atom is -0.383 e. The number of anilines is 1. The number of benzene rings is 1. The van der Waals surface area contributed by atoms with Crippen LogP contribution in [-0.4, -0.2) is 15.9 Å². The number of rotatable bonds is 4. The Morgan fingerprint density at radius 1 is 1.37 bits per heavy atom. The molecule has 0 aliphatic carbocycles. The molecule has 1 aromatic carbocycles. The number of primary amides is 1. The van der Waals surface area contributed by atoms with Crippen molar-refractivity contribution in [3.8, 4) is 0 Å². The van der Waals surface area contributed by atoms with Crippen molar-refractivity contribution in [2.24, 2.45) is 5.73 Å². The largest absolute Gasteiger partial charge is 0.383 e. The number of halogens is 1. The predicted molar refractivity (Wildman–Crippen MR) is 70.9 cm³/mol. The molecule has 0 radical (unpaired) electrons. The minimum atomic E-state index is -0.675. The van der Waals surface area contributed by atoms with Crippen LogP contribution in [-0.2, 0) is 5.75 Å². The number of nitrogen functional groups attached to an aromatic ring is 1. The van der Waals surface area contributed by atoms with E-state index in [2.05, 4.69) is 9.97 Å². The first-order chi connectivity index (χ1) is 9.08. The number of nitrogens with two attached hydrogens (primary N) is 2. The van der Waals surface area contributed by atoms with E-state index in [9.17, 15) is 9.18 Å². The highest BCUT2D eigenvalue weighted by Crippen LogP contribution is 2.24. The maximum atomic E-state index is 13.4. The van der Waals surface area contributed by atoms with Crippen LogP contribution < -0.4 is 11.5 Å². The summed E-state index contributed by atoms with van der Waals surface area (Å²) in [7, 11) is 0. The van der Waals surface area contributed by atoms with Gasteiger partial charge in [0, 0.05) is 11.1 Å². The molecule has 4 N–H and O–H groups in total. The molecule has 98 valence electrons. The molecule has 2 rings (SSSR count). The van der Waals surface area contributed by atoms with E-state index < -0.39 is 5.91 Å². The van der Waals surface area contributed by atoms with E-state index in [4.69, 9.17) is 11.5 Å². The van der Waals surface area contributed by atoms with Gasteiger partial charge < -0.3 is 11.5 Å².